The van der Waals surface area contributed by atoms with Crippen LogP contribution in [0.2, 0.25) is 5.02 Å². The zero-order valence-electron chi connectivity index (χ0n) is 16.5. The Morgan fingerprint density at radius 2 is 1.84 bits per heavy atom. The van der Waals surface area contributed by atoms with E-state index >= 15 is 0 Å². The van der Waals surface area contributed by atoms with Crippen LogP contribution in [0.25, 0.3) is 17.1 Å². The molecule has 3 aromatic carbocycles. The first kappa shape index (κ1) is 20.6. The Balaban J connectivity index is 1.68. The summed E-state index contributed by atoms with van der Waals surface area (Å²) in [5, 5.41) is 7.66. The largest absolute Gasteiger partial charge is 0.494 e. The molecule has 0 spiro atoms. The second-order valence-electron chi connectivity index (χ2n) is 6.57. The number of carbonyl (C=O) groups is 1. The van der Waals surface area contributed by atoms with Crippen LogP contribution < -0.4 is 10.1 Å². The topological polar surface area (TPSA) is 69.0 Å². The SMILES string of the molecule is CCOc1ccc(NC(=O)c2nc(-c3cccc(Cl)c3)n(-c3ccc(F)cc3)n2)cc1. The highest BCUT2D eigenvalue weighted by Crippen LogP contribution is 2.25. The highest BCUT2D eigenvalue weighted by molar-refractivity contribution is 6.30. The highest BCUT2D eigenvalue weighted by Gasteiger charge is 2.19. The fourth-order valence-electron chi connectivity index (χ4n) is 2.97. The van der Waals surface area contributed by atoms with Crippen LogP contribution in [0.5, 0.6) is 5.75 Å². The first-order chi connectivity index (χ1) is 15.0. The minimum absolute atomic E-state index is 0.0341. The molecule has 8 heteroatoms. The van der Waals surface area contributed by atoms with Crippen molar-refractivity contribution in [1.82, 2.24) is 14.8 Å². The Labute approximate surface area is 183 Å². The molecule has 4 rings (SSSR count). The van der Waals surface area contributed by atoms with Crippen LogP contribution in [-0.4, -0.2) is 27.3 Å². The van der Waals surface area contributed by atoms with Gasteiger partial charge in [0.2, 0.25) is 5.82 Å². The van der Waals surface area contributed by atoms with Crippen molar-refractivity contribution in [2.45, 2.75) is 6.92 Å². The maximum Gasteiger partial charge on any atom is 0.295 e. The van der Waals surface area contributed by atoms with Crippen LogP contribution in [0.3, 0.4) is 0 Å². The summed E-state index contributed by atoms with van der Waals surface area (Å²) in [6.45, 7) is 2.46. The lowest BCUT2D eigenvalue weighted by atomic mass is 10.2. The van der Waals surface area contributed by atoms with Gasteiger partial charge in [-0.25, -0.2) is 14.1 Å². The number of aromatic nitrogens is 3. The van der Waals surface area contributed by atoms with Crippen molar-refractivity contribution in [2.75, 3.05) is 11.9 Å². The number of carbonyl (C=O) groups excluding carboxylic acids is 1. The van der Waals surface area contributed by atoms with Gasteiger partial charge >= 0.3 is 0 Å². The van der Waals surface area contributed by atoms with Gasteiger partial charge in [0, 0.05) is 16.3 Å². The van der Waals surface area contributed by atoms with Crippen LogP contribution in [-0.2, 0) is 0 Å². The third-order valence-corrected chi connectivity index (χ3v) is 4.62. The molecule has 0 unspecified atom stereocenters. The predicted octanol–water partition coefficient (Wildman–Crippen LogP) is 5.38. The van der Waals surface area contributed by atoms with Crippen molar-refractivity contribution in [3.8, 4) is 22.8 Å². The molecule has 0 radical (unpaired) electrons. The quantitative estimate of drug-likeness (QED) is 0.440. The number of rotatable bonds is 6. The molecule has 0 bridgehead atoms. The molecule has 1 amide bonds. The summed E-state index contributed by atoms with van der Waals surface area (Å²) >= 11 is 6.13. The van der Waals surface area contributed by atoms with E-state index in [0.29, 0.717) is 40.1 Å². The molecular weight excluding hydrogens is 419 g/mol. The third-order valence-electron chi connectivity index (χ3n) is 4.39. The molecule has 31 heavy (non-hydrogen) atoms. The van der Waals surface area contributed by atoms with Gasteiger partial charge in [0.25, 0.3) is 5.91 Å². The van der Waals surface area contributed by atoms with Gasteiger partial charge in [0.1, 0.15) is 11.6 Å². The number of hydrogen-bond donors (Lipinski definition) is 1. The minimum Gasteiger partial charge on any atom is -0.494 e. The molecule has 0 aliphatic heterocycles. The third kappa shape index (κ3) is 4.73. The molecule has 0 fully saturated rings. The van der Waals surface area contributed by atoms with Crippen molar-refractivity contribution in [1.29, 1.82) is 0 Å². The lowest BCUT2D eigenvalue weighted by Gasteiger charge is -2.06. The van der Waals surface area contributed by atoms with Crippen LogP contribution in [0.1, 0.15) is 17.5 Å². The average molecular weight is 437 g/mol. The van der Waals surface area contributed by atoms with Gasteiger partial charge in [0.05, 0.1) is 12.3 Å². The van der Waals surface area contributed by atoms with Crippen molar-refractivity contribution in [2.24, 2.45) is 0 Å². The van der Waals surface area contributed by atoms with E-state index in [2.05, 4.69) is 15.4 Å². The molecule has 0 aliphatic rings. The summed E-state index contributed by atoms with van der Waals surface area (Å²) in [5.41, 5.74) is 1.81. The Bertz CT molecular complexity index is 1210. The number of amides is 1. The Kier molecular flexibility index (Phi) is 5.95. The van der Waals surface area contributed by atoms with E-state index in [1.54, 1.807) is 54.6 Å². The summed E-state index contributed by atoms with van der Waals surface area (Å²) in [5.74, 6) is 0.233. The highest BCUT2D eigenvalue weighted by atomic mass is 35.5. The standard InChI is InChI=1S/C23H18ClFN4O2/c1-2-31-20-12-8-18(9-13-20)26-23(30)21-27-22(15-4-3-5-16(24)14-15)29(28-21)19-10-6-17(25)7-11-19/h3-14H,2H2,1H3,(H,26,30). The summed E-state index contributed by atoms with van der Waals surface area (Å²) in [4.78, 5) is 17.2. The molecule has 156 valence electrons. The minimum atomic E-state index is -0.478. The first-order valence-corrected chi connectivity index (χ1v) is 9.94. The molecular formula is C23H18ClFN4O2. The molecule has 0 saturated carbocycles. The maximum absolute atomic E-state index is 13.4. The number of hydrogen-bond acceptors (Lipinski definition) is 4. The Hall–Kier alpha value is -3.71. The summed E-state index contributed by atoms with van der Waals surface area (Å²) in [6, 6.07) is 19.8. The fraction of sp³-hybridized carbons (Fsp3) is 0.0870. The second-order valence-corrected chi connectivity index (χ2v) is 7.01. The molecule has 0 atom stereocenters. The van der Waals surface area contributed by atoms with E-state index < -0.39 is 5.91 Å². The van der Waals surface area contributed by atoms with Gasteiger partial charge < -0.3 is 10.1 Å². The summed E-state index contributed by atoms with van der Waals surface area (Å²) in [7, 11) is 0. The lowest BCUT2D eigenvalue weighted by molar-refractivity contribution is 0.101. The normalized spacial score (nSPS) is 10.7. The smallest absolute Gasteiger partial charge is 0.295 e. The predicted molar refractivity (Wildman–Crippen MR) is 117 cm³/mol. The van der Waals surface area contributed by atoms with Crippen molar-refractivity contribution >= 4 is 23.2 Å². The molecule has 0 saturated heterocycles. The van der Waals surface area contributed by atoms with E-state index in [1.165, 1.54) is 16.8 Å². The van der Waals surface area contributed by atoms with Crippen molar-refractivity contribution < 1.29 is 13.9 Å². The first-order valence-electron chi connectivity index (χ1n) is 9.56. The molecule has 1 heterocycles. The molecule has 1 aromatic heterocycles. The van der Waals surface area contributed by atoms with Gasteiger partial charge in [0.15, 0.2) is 5.82 Å². The van der Waals surface area contributed by atoms with Gasteiger partial charge in [-0.3, -0.25) is 4.79 Å². The van der Waals surface area contributed by atoms with E-state index in [-0.39, 0.29) is 11.6 Å². The van der Waals surface area contributed by atoms with Crippen molar-refractivity contribution in [3.05, 3.63) is 89.5 Å². The number of anilines is 1. The number of ether oxygens (including phenoxy) is 1. The monoisotopic (exact) mass is 436 g/mol. The number of nitrogens with one attached hydrogen (secondary N) is 1. The number of benzene rings is 3. The molecule has 4 aromatic rings. The zero-order valence-corrected chi connectivity index (χ0v) is 17.3. The summed E-state index contributed by atoms with van der Waals surface area (Å²) in [6.07, 6.45) is 0. The fourth-order valence-corrected chi connectivity index (χ4v) is 3.16. The number of nitrogens with zero attached hydrogens (tertiary/aromatic N) is 3. The zero-order chi connectivity index (χ0) is 21.8. The molecule has 6 nitrogen and oxygen atoms in total. The van der Waals surface area contributed by atoms with Gasteiger partial charge in [-0.05, 0) is 67.6 Å². The van der Waals surface area contributed by atoms with Gasteiger partial charge in [-0.1, -0.05) is 23.7 Å². The number of halogens is 2. The lowest BCUT2D eigenvalue weighted by Crippen LogP contribution is -2.14. The van der Waals surface area contributed by atoms with Crippen LogP contribution in [0, 0.1) is 5.82 Å². The molecule has 1 N–H and O–H groups in total. The average Bonchev–Trinajstić information content (AvgIpc) is 3.22. The van der Waals surface area contributed by atoms with Crippen LogP contribution >= 0.6 is 11.6 Å². The van der Waals surface area contributed by atoms with Crippen LogP contribution in [0.4, 0.5) is 10.1 Å². The summed E-state index contributed by atoms with van der Waals surface area (Å²) < 4.78 is 20.3. The Morgan fingerprint density at radius 1 is 1.10 bits per heavy atom. The van der Waals surface area contributed by atoms with Gasteiger partial charge in [-0.2, -0.15) is 0 Å². The maximum atomic E-state index is 13.4. The van der Waals surface area contributed by atoms with E-state index in [9.17, 15) is 9.18 Å². The van der Waals surface area contributed by atoms with E-state index in [4.69, 9.17) is 16.3 Å². The van der Waals surface area contributed by atoms with Crippen molar-refractivity contribution in [3.63, 3.8) is 0 Å². The molecule has 0 aliphatic carbocycles. The second kappa shape index (κ2) is 8.97. The van der Waals surface area contributed by atoms with E-state index in [1.807, 2.05) is 13.0 Å². The van der Waals surface area contributed by atoms with Crippen LogP contribution in [0.15, 0.2) is 72.8 Å². The van der Waals surface area contributed by atoms with E-state index in [0.717, 1.165) is 0 Å². The van der Waals surface area contributed by atoms with Gasteiger partial charge in [-0.15, -0.1) is 5.10 Å². The Morgan fingerprint density at radius 3 is 2.52 bits per heavy atom.